The van der Waals surface area contributed by atoms with Crippen LogP contribution in [0, 0.1) is 12.8 Å². The minimum atomic E-state index is -0.540. The van der Waals surface area contributed by atoms with Crippen LogP contribution in [0.5, 0.6) is 11.5 Å². The Morgan fingerprint density at radius 2 is 1.78 bits per heavy atom. The lowest BCUT2D eigenvalue weighted by Crippen LogP contribution is -2.21. The molecule has 0 amide bonds. The third-order valence-electron chi connectivity index (χ3n) is 4.86. The fourth-order valence-corrected chi connectivity index (χ4v) is 3.65. The van der Waals surface area contributed by atoms with Crippen LogP contribution >= 0.6 is 0 Å². The summed E-state index contributed by atoms with van der Waals surface area (Å²) in [6.45, 7) is 12.4. The van der Waals surface area contributed by atoms with Crippen molar-refractivity contribution in [2.45, 2.75) is 53.4 Å². The molecule has 2 rings (SSSR count). The second kappa shape index (κ2) is 8.33. The first kappa shape index (κ1) is 20.6. The Hall–Kier alpha value is -2.69. The van der Waals surface area contributed by atoms with Crippen molar-refractivity contribution in [1.29, 1.82) is 0 Å². The highest BCUT2D eigenvalue weighted by molar-refractivity contribution is 5.87. The molecular weight excluding hydrogens is 344 g/mol. The number of esters is 2. The number of carbonyl (C=O) groups is 3. The Morgan fingerprint density at radius 1 is 1.15 bits per heavy atom. The van der Waals surface area contributed by atoms with E-state index in [4.69, 9.17) is 9.47 Å². The van der Waals surface area contributed by atoms with Crippen LogP contribution in [0.2, 0.25) is 0 Å². The first-order valence-corrected chi connectivity index (χ1v) is 8.97. The van der Waals surface area contributed by atoms with Crippen LogP contribution < -0.4 is 9.47 Å². The molecule has 1 aromatic rings. The summed E-state index contributed by atoms with van der Waals surface area (Å²) in [7, 11) is 0. The van der Waals surface area contributed by atoms with Crippen molar-refractivity contribution in [3.63, 3.8) is 0 Å². The number of aldehydes is 1. The normalized spacial score (nSPS) is 19.1. The summed E-state index contributed by atoms with van der Waals surface area (Å²) in [6, 6.07) is 1.65. The molecule has 0 N–H and O–H groups in total. The zero-order valence-corrected chi connectivity index (χ0v) is 16.5. The lowest BCUT2D eigenvalue weighted by molar-refractivity contribution is -0.132. The molecule has 5 nitrogen and oxygen atoms in total. The van der Waals surface area contributed by atoms with E-state index in [1.54, 1.807) is 13.0 Å². The van der Waals surface area contributed by atoms with E-state index in [0.717, 1.165) is 18.4 Å². The molecule has 0 radical (unpaired) electrons. The molecule has 144 valence electrons. The number of hydrogen-bond acceptors (Lipinski definition) is 5. The third-order valence-corrected chi connectivity index (χ3v) is 4.86. The van der Waals surface area contributed by atoms with Gasteiger partial charge in [-0.1, -0.05) is 23.8 Å². The van der Waals surface area contributed by atoms with Gasteiger partial charge in [0, 0.05) is 25.3 Å². The van der Waals surface area contributed by atoms with Crippen molar-refractivity contribution in [3.05, 3.63) is 46.6 Å². The molecule has 1 aliphatic rings. The second-order valence-corrected chi connectivity index (χ2v) is 7.18. The Balaban J connectivity index is 2.85. The van der Waals surface area contributed by atoms with E-state index in [0.29, 0.717) is 23.2 Å². The van der Waals surface area contributed by atoms with Crippen LogP contribution in [-0.4, -0.2) is 18.2 Å². The fraction of sp³-hybridized carbons (Fsp3) is 0.409. The van der Waals surface area contributed by atoms with Crippen LogP contribution in [0.4, 0.5) is 0 Å². The van der Waals surface area contributed by atoms with E-state index in [-0.39, 0.29) is 23.1 Å². The Morgan fingerprint density at radius 3 is 2.30 bits per heavy atom. The van der Waals surface area contributed by atoms with Crippen LogP contribution in [0.3, 0.4) is 0 Å². The fourth-order valence-electron chi connectivity index (χ4n) is 3.65. The summed E-state index contributed by atoms with van der Waals surface area (Å²) in [6.07, 6.45) is 4.57. The Kier molecular flexibility index (Phi) is 6.37. The number of carbonyl (C=O) groups excluding carboxylic acids is 3. The molecule has 1 aliphatic carbocycles. The maximum absolute atomic E-state index is 11.8. The molecule has 0 aromatic heterocycles. The second-order valence-electron chi connectivity index (χ2n) is 7.18. The van der Waals surface area contributed by atoms with E-state index >= 15 is 0 Å². The number of hydrogen-bond donors (Lipinski definition) is 0. The van der Waals surface area contributed by atoms with E-state index in [9.17, 15) is 14.4 Å². The van der Waals surface area contributed by atoms with Gasteiger partial charge in [-0.05, 0) is 51.2 Å². The van der Waals surface area contributed by atoms with Gasteiger partial charge in [-0.15, -0.1) is 0 Å². The molecule has 0 heterocycles. The van der Waals surface area contributed by atoms with Gasteiger partial charge in [0.2, 0.25) is 0 Å². The standard InChI is InChI=1S/C22H26O5/c1-12(2)17-8-7-13(3)9-18(17)21-20(26-15(5)24)10-14(4)19(11-23)22(21)27-16(6)25/h9-11,17-18H,1,7-8H2,2-6H3/t17-,18?/m0/s1. The van der Waals surface area contributed by atoms with E-state index in [2.05, 4.69) is 12.7 Å². The number of benzene rings is 1. The monoisotopic (exact) mass is 370 g/mol. The first-order valence-electron chi connectivity index (χ1n) is 8.97. The summed E-state index contributed by atoms with van der Waals surface area (Å²) in [5, 5.41) is 0. The van der Waals surface area contributed by atoms with Gasteiger partial charge >= 0.3 is 11.9 Å². The highest BCUT2D eigenvalue weighted by Gasteiger charge is 2.33. The molecule has 0 bridgehead atoms. The maximum Gasteiger partial charge on any atom is 0.308 e. The summed E-state index contributed by atoms with van der Waals surface area (Å²) < 4.78 is 10.9. The first-order chi connectivity index (χ1) is 12.6. The molecular formula is C22H26O5. The smallest absolute Gasteiger partial charge is 0.308 e. The number of aryl methyl sites for hydroxylation is 1. The van der Waals surface area contributed by atoms with Gasteiger partial charge < -0.3 is 9.47 Å². The predicted molar refractivity (Wildman–Crippen MR) is 103 cm³/mol. The van der Waals surface area contributed by atoms with Crippen molar-refractivity contribution < 1.29 is 23.9 Å². The Labute approximate surface area is 160 Å². The molecule has 0 saturated heterocycles. The maximum atomic E-state index is 11.8. The van der Waals surface area contributed by atoms with Gasteiger partial charge in [-0.3, -0.25) is 14.4 Å². The molecule has 5 heteroatoms. The Bertz CT molecular complexity index is 832. The van der Waals surface area contributed by atoms with Crippen molar-refractivity contribution in [1.82, 2.24) is 0 Å². The number of ether oxygens (including phenoxy) is 2. The van der Waals surface area contributed by atoms with Crippen molar-refractivity contribution in [3.8, 4) is 11.5 Å². The van der Waals surface area contributed by atoms with E-state index in [1.165, 1.54) is 19.4 Å². The minimum absolute atomic E-state index is 0.0829. The summed E-state index contributed by atoms with van der Waals surface area (Å²) >= 11 is 0. The van der Waals surface area contributed by atoms with Gasteiger partial charge in [-0.2, -0.15) is 0 Å². The highest BCUT2D eigenvalue weighted by Crippen LogP contribution is 2.48. The topological polar surface area (TPSA) is 69.7 Å². The minimum Gasteiger partial charge on any atom is -0.426 e. The lowest BCUT2D eigenvalue weighted by atomic mass is 9.73. The van der Waals surface area contributed by atoms with Gasteiger partial charge in [0.15, 0.2) is 6.29 Å². The van der Waals surface area contributed by atoms with Crippen LogP contribution in [0.15, 0.2) is 29.9 Å². The van der Waals surface area contributed by atoms with Crippen molar-refractivity contribution in [2.24, 2.45) is 5.92 Å². The van der Waals surface area contributed by atoms with Crippen molar-refractivity contribution >= 4 is 18.2 Å². The van der Waals surface area contributed by atoms with Crippen LogP contribution in [0.25, 0.3) is 0 Å². The predicted octanol–water partition coefficient (Wildman–Crippen LogP) is 4.67. The van der Waals surface area contributed by atoms with Gasteiger partial charge in [0.1, 0.15) is 11.5 Å². The average molecular weight is 370 g/mol. The quantitative estimate of drug-likeness (QED) is 0.326. The zero-order valence-electron chi connectivity index (χ0n) is 16.5. The lowest BCUT2D eigenvalue weighted by Gasteiger charge is -2.32. The summed E-state index contributed by atoms with van der Waals surface area (Å²) in [5.74, 6) is -0.674. The third kappa shape index (κ3) is 4.54. The number of allylic oxidation sites excluding steroid dienone is 3. The van der Waals surface area contributed by atoms with Gasteiger partial charge in [0.25, 0.3) is 0 Å². The molecule has 0 spiro atoms. The molecule has 2 atom stereocenters. The van der Waals surface area contributed by atoms with E-state index < -0.39 is 11.9 Å². The molecule has 1 unspecified atom stereocenters. The van der Waals surface area contributed by atoms with Gasteiger partial charge in [0.05, 0.1) is 5.56 Å². The molecule has 0 fully saturated rings. The van der Waals surface area contributed by atoms with E-state index in [1.807, 2.05) is 13.8 Å². The average Bonchev–Trinajstić information content (AvgIpc) is 2.53. The zero-order chi connectivity index (χ0) is 20.3. The molecule has 1 aromatic carbocycles. The molecule has 0 aliphatic heterocycles. The van der Waals surface area contributed by atoms with Crippen LogP contribution in [0.1, 0.15) is 67.9 Å². The van der Waals surface area contributed by atoms with Crippen LogP contribution in [-0.2, 0) is 9.59 Å². The largest absolute Gasteiger partial charge is 0.426 e. The SMILES string of the molecule is C=C(C)[C@@H]1CCC(C)=CC1c1c(OC(C)=O)cc(C)c(C=O)c1OC(C)=O. The summed E-state index contributed by atoms with van der Waals surface area (Å²) in [4.78, 5) is 35.2. The van der Waals surface area contributed by atoms with Crippen molar-refractivity contribution in [2.75, 3.05) is 0 Å². The molecule has 27 heavy (non-hydrogen) atoms. The summed E-state index contributed by atoms with van der Waals surface area (Å²) in [5.41, 5.74) is 3.57. The number of rotatable bonds is 5. The van der Waals surface area contributed by atoms with Gasteiger partial charge in [-0.25, -0.2) is 0 Å². The molecule has 0 saturated carbocycles. The highest BCUT2D eigenvalue weighted by atomic mass is 16.5.